The van der Waals surface area contributed by atoms with Crippen molar-refractivity contribution in [1.29, 1.82) is 0 Å². The largest absolute Gasteiger partial charge is 0.384 e. The Hall–Kier alpha value is -1.42. The Morgan fingerprint density at radius 3 is 2.67 bits per heavy atom. The Balaban J connectivity index is 2.35. The third-order valence-electron chi connectivity index (χ3n) is 2.65. The van der Waals surface area contributed by atoms with Gasteiger partial charge in [0.2, 0.25) is 0 Å². The standard InChI is InChI=1S/C14H19N3S/c1-4-11-5-6-12(18-11)14-16-10(7-9(2)3)8-13(15)17-14/h5-6,8-9H,4,7H2,1-3H3,(H2,15,16,17). The molecule has 3 nitrogen and oxygen atoms in total. The van der Waals surface area contributed by atoms with Gasteiger partial charge in [-0.05, 0) is 30.9 Å². The molecule has 0 saturated heterocycles. The van der Waals surface area contributed by atoms with Crippen molar-refractivity contribution in [1.82, 2.24) is 9.97 Å². The molecular weight excluding hydrogens is 242 g/mol. The average Bonchev–Trinajstić information content (AvgIpc) is 2.75. The average molecular weight is 261 g/mol. The van der Waals surface area contributed by atoms with Crippen LogP contribution in [0.2, 0.25) is 0 Å². The monoisotopic (exact) mass is 261 g/mol. The van der Waals surface area contributed by atoms with Crippen molar-refractivity contribution < 1.29 is 0 Å². The number of aromatic nitrogens is 2. The molecular formula is C14H19N3S. The van der Waals surface area contributed by atoms with Gasteiger partial charge in [-0.25, -0.2) is 9.97 Å². The summed E-state index contributed by atoms with van der Waals surface area (Å²) in [6, 6.07) is 6.09. The number of hydrogen-bond donors (Lipinski definition) is 1. The molecule has 0 radical (unpaired) electrons. The van der Waals surface area contributed by atoms with Crippen molar-refractivity contribution in [3.8, 4) is 10.7 Å². The summed E-state index contributed by atoms with van der Waals surface area (Å²) in [6.07, 6.45) is 1.98. The van der Waals surface area contributed by atoms with E-state index in [0.29, 0.717) is 11.7 Å². The number of nitrogen functional groups attached to an aromatic ring is 1. The van der Waals surface area contributed by atoms with Crippen LogP contribution in [-0.4, -0.2) is 9.97 Å². The molecule has 4 heteroatoms. The highest BCUT2D eigenvalue weighted by atomic mass is 32.1. The van der Waals surface area contributed by atoms with Gasteiger partial charge in [0.15, 0.2) is 5.82 Å². The fraction of sp³-hybridized carbons (Fsp3) is 0.429. The molecule has 2 rings (SSSR count). The lowest BCUT2D eigenvalue weighted by atomic mass is 10.1. The number of anilines is 1. The second-order valence-electron chi connectivity index (χ2n) is 4.83. The molecule has 2 aromatic rings. The minimum Gasteiger partial charge on any atom is -0.384 e. The Labute approximate surface area is 112 Å². The third kappa shape index (κ3) is 3.07. The number of hydrogen-bond acceptors (Lipinski definition) is 4. The Kier molecular flexibility index (Phi) is 3.97. The maximum Gasteiger partial charge on any atom is 0.171 e. The Morgan fingerprint density at radius 1 is 1.28 bits per heavy atom. The smallest absolute Gasteiger partial charge is 0.171 e. The molecule has 0 aliphatic rings. The lowest BCUT2D eigenvalue weighted by molar-refractivity contribution is 0.635. The number of aryl methyl sites for hydroxylation is 1. The van der Waals surface area contributed by atoms with Gasteiger partial charge in [-0.2, -0.15) is 0 Å². The second-order valence-corrected chi connectivity index (χ2v) is 5.99. The van der Waals surface area contributed by atoms with E-state index in [4.69, 9.17) is 5.73 Å². The quantitative estimate of drug-likeness (QED) is 0.915. The highest BCUT2D eigenvalue weighted by Crippen LogP contribution is 2.26. The van der Waals surface area contributed by atoms with Crippen LogP contribution in [0.5, 0.6) is 0 Å². The van der Waals surface area contributed by atoms with Crippen LogP contribution in [-0.2, 0) is 12.8 Å². The first-order valence-electron chi connectivity index (χ1n) is 6.31. The van der Waals surface area contributed by atoms with Crippen LogP contribution in [0.4, 0.5) is 5.82 Å². The maximum atomic E-state index is 5.87. The van der Waals surface area contributed by atoms with E-state index in [0.717, 1.165) is 29.2 Å². The van der Waals surface area contributed by atoms with Crippen molar-refractivity contribution >= 4 is 17.2 Å². The zero-order valence-corrected chi connectivity index (χ0v) is 11.9. The van der Waals surface area contributed by atoms with E-state index >= 15 is 0 Å². The number of nitrogens with zero attached hydrogens (tertiary/aromatic N) is 2. The molecule has 0 aliphatic carbocycles. The summed E-state index contributed by atoms with van der Waals surface area (Å²) in [5, 5.41) is 0. The Morgan fingerprint density at radius 2 is 2.06 bits per heavy atom. The predicted octanol–water partition coefficient (Wildman–Crippen LogP) is 3.55. The number of thiophene rings is 1. The topological polar surface area (TPSA) is 51.8 Å². The summed E-state index contributed by atoms with van der Waals surface area (Å²) in [7, 11) is 0. The van der Waals surface area contributed by atoms with Crippen LogP contribution in [0.3, 0.4) is 0 Å². The van der Waals surface area contributed by atoms with Gasteiger partial charge < -0.3 is 5.73 Å². The van der Waals surface area contributed by atoms with Crippen LogP contribution in [0.1, 0.15) is 31.3 Å². The van der Waals surface area contributed by atoms with E-state index in [2.05, 4.69) is 42.9 Å². The third-order valence-corrected chi connectivity index (χ3v) is 3.87. The van der Waals surface area contributed by atoms with E-state index < -0.39 is 0 Å². The maximum absolute atomic E-state index is 5.87. The first kappa shape index (κ1) is 13.0. The van der Waals surface area contributed by atoms with Crippen molar-refractivity contribution in [2.75, 3.05) is 5.73 Å². The SMILES string of the molecule is CCc1ccc(-c2nc(N)cc(CC(C)C)n2)s1. The lowest BCUT2D eigenvalue weighted by Gasteiger charge is -2.06. The van der Waals surface area contributed by atoms with Crippen molar-refractivity contribution in [3.05, 3.63) is 28.8 Å². The second kappa shape index (κ2) is 5.48. The van der Waals surface area contributed by atoms with Crippen molar-refractivity contribution in [3.63, 3.8) is 0 Å². The van der Waals surface area contributed by atoms with Gasteiger partial charge in [0, 0.05) is 16.6 Å². The summed E-state index contributed by atoms with van der Waals surface area (Å²) < 4.78 is 0. The summed E-state index contributed by atoms with van der Waals surface area (Å²) in [5.41, 5.74) is 6.89. The van der Waals surface area contributed by atoms with Crippen molar-refractivity contribution in [2.45, 2.75) is 33.6 Å². The van der Waals surface area contributed by atoms with Crippen LogP contribution in [0.15, 0.2) is 18.2 Å². The molecule has 96 valence electrons. The fourth-order valence-corrected chi connectivity index (χ4v) is 2.72. The van der Waals surface area contributed by atoms with Gasteiger partial charge in [0.1, 0.15) is 5.82 Å². The Bertz CT molecular complexity index is 532. The number of rotatable bonds is 4. The minimum atomic E-state index is 0.557. The molecule has 0 amide bonds. The van der Waals surface area contributed by atoms with Gasteiger partial charge in [-0.1, -0.05) is 20.8 Å². The molecule has 0 saturated carbocycles. The normalized spacial score (nSPS) is 11.1. The van der Waals surface area contributed by atoms with Gasteiger partial charge in [0.05, 0.1) is 4.88 Å². The first-order valence-corrected chi connectivity index (χ1v) is 7.12. The molecule has 2 N–H and O–H groups in total. The molecule has 0 atom stereocenters. The molecule has 0 unspecified atom stereocenters. The van der Waals surface area contributed by atoms with E-state index in [1.807, 2.05) is 6.07 Å². The van der Waals surface area contributed by atoms with E-state index in [9.17, 15) is 0 Å². The number of nitrogens with two attached hydrogens (primary N) is 1. The van der Waals surface area contributed by atoms with Crippen LogP contribution >= 0.6 is 11.3 Å². The van der Waals surface area contributed by atoms with E-state index in [1.165, 1.54) is 4.88 Å². The summed E-state index contributed by atoms with van der Waals surface area (Å²) in [6.45, 7) is 6.51. The molecule has 0 aliphatic heterocycles. The van der Waals surface area contributed by atoms with Crippen LogP contribution in [0, 0.1) is 5.92 Å². The van der Waals surface area contributed by atoms with Crippen LogP contribution in [0.25, 0.3) is 10.7 Å². The molecule has 0 aromatic carbocycles. The molecule has 18 heavy (non-hydrogen) atoms. The molecule has 0 fully saturated rings. The molecule has 2 heterocycles. The lowest BCUT2D eigenvalue weighted by Crippen LogP contribution is -2.02. The van der Waals surface area contributed by atoms with Crippen molar-refractivity contribution in [2.24, 2.45) is 5.92 Å². The predicted molar refractivity (Wildman–Crippen MR) is 77.7 cm³/mol. The van der Waals surface area contributed by atoms with E-state index in [1.54, 1.807) is 11.3 Å². The first-order chi connectivity index (χ1) is 8.58. The zero-order chi connectivity index (χ0) is 13.1. The zero-order valence-electron chi connectivity index (χ0n) is 11.1. The molecule has 0 bridgehead atoms. The summed E-state index contributed by atoms with van der Waals surface area (Å²) in [4.78, 5) is 11.4. The molecule has 2 aromatic heterocycles. The van der Waals surface area contributed by atoms with Gasteiger partial charge in [-0.15, -0.1) is 11.3 Å². The highest BCUT2D eigenvalue weighted by Gasteiger charge is 2.09. The summed E-state index contributed by atoms with van der Waals surface area (Å²) in [5.74, 6) is 1.89. The van der Waals surface area contributed by atoms with Gasteiger partial charge in [-0.3, -0.25) is 0 Å². The van der Waals surface area contributed by atoms with E-state index in [-0.39, 0.29) is 0 Å². The highest BCUT2D eigenvalue weighted by molar-refractivity contribution is 7.15. The summed E-state index contributed by atoms with van der Waals surface area (Å²) >= 11 is 1.74. The van der Waals surface area contributed by atoms with Crippen LogP contribution < -0.4 is 5.73 Å². The van der Waals surface area contributed by atoms with Gasteiger partial charge in [0.25, 0.3) is 0 Å². The fourth-order valence-electron chi connectivity index (χ4n) is 1.84. The molecule has 0 spiro atoms. The minimum absolute atomic E-state index is 0.557. The van der Waals surface area contributed by atoms with Gasteiger partial charge >= 0.3 is 0 Å².